The van der Waals surface area contributed by atoms with E-state index in [-0.39, 0.29) is 6.04 Å². The highest BCUT2D eigenvalue weighted by atomic mass is 15.2. The molecule has 0 bridgehead atoms. The fraction of sp³-hybridized carbons (Fsp3) is 0.500. The molecule has 0 saturated heterocycles. The van der Waals surface area contributed by atoms with E-state index in [1.165, 1.54) is 67.2 Å². The molecule has 0 aromatic heterocycles. The molecule has 2 nitrogen and oxygen atoms in total. The van der Waals surface area contributed by atoms with Crippen LogP contribution in [0.1, 0.15) is 54.8 Å². The summed E-state index contributed by atoms with van der Waals surface area (Å²) in [5, 5.41) is 0. The molecule has 96 valence electrons. The second kappa shape index (κ2) is 5.25. The molecule has 2 aliphatic rings. The first-order chi connectivity index (χ1) is 8.88. The fourth-order valence-corrected chi connectivity index (χ4v) is 3.31. The Hall–Kier alpha value is -1.12. The van der Waals surface area contributed by atoms with Gasteiger partial charge in [0, 0.05) is 0 Å². The van der Waals surface area contributed by atoms with Crippen LogP contribution in [0.4, 0.5) is 0 Å². The second-order valence-electron chi connectivity index (χ2n) is 5.51. The summed E-state index contributed by atoms with van der Waals surface area (Å²) in [6, 6.07) is 7.13. The summed E-state index contributed by atoms with van der Waals surface area (Å²) in [5.41, 5.74) is 8.89. The predicted molar refractivity (Wildman–Crippen MR) is 75.1 cm³/mol. The summed E-state index contributed by atoms with van der Waals surface area (Å²) in [6.45, 7) is 0. The molecule has 3 N–H and O–H groups in total. The Morgan fingerprint density at radius 2 is 1.89 bits per heavy atom. The van der Waals surface area contributed by atoms with Gasteiger partial charge in [0.25, 0.3) is 0 Å². The van der Waals surface area contributed by atoms with Gasteiger partial charge in [0.15, 0.2) is 0 Å². The lowest BCUT2D eigenvalue weighted by molar-refractivity contribution is 0.565. The summed E-state index contributed by atoms with van der Waals surface area (Å²) in [7, 11) is 0. The average Bonchev–Trinajstić information content (AvgIpc) is 2.88. The number of nitrogens with one attached hydrogen (secondary N) is 1. The van der Waals surface area contributed by atoms with E-state index < -0.39 is 0 Å². The van der Waals surface area contributed by atoms with Crippen LogP contribution in [0.2, 0.25) is 0 Å². The number of fused-ring (bicyclic) bond motifs is 1. The van der Waals surface area contributed by atoms with Gasteiger partial charge in [-0.1, -0.05) is 29.8 Å². The molecule has 0 aliphatic heterocycles. The molecule has 1 aromatic carbocycles. The van der Waals surface area contributed by atoms with E-state index in [1.807, 2.05) is 0 Å². The molecule has 3 rings (SSSR count). The quantitative estimate of drug-likeness (QED) is 0.485. The van der Waals surface area contributed by atoms with Crippen LogP contribution in [-0.2, 0) is 12.8 Å². The van der Waals surface area contributed by atoms with Crippen LogP contribution >= 0.6 is 0 Å². The lowest BCUT2D eigenvalue weighted by Crippen LogP contribution is -2.30. The maximum atomic E-state index is 5.79. The molecule has 0 radical (unpaired) electrons. The first-order valence-electron chi connectivity index (χ1n) is 7.15. The van der Waals surface area contributed by atoms with Crippen molar-refractivity contribution in [3.8, 4) is 0 Å². The third-order valence-corrected chi connectivity index (χ3v) is 4.32. The van der Waals surface area contributed by atoms with Gasteiger partial charge in [-0.05, 0) is 61.6 Å². The molecular weight excluding hydrogens is 220 g/mol. The fourth-order valence-electron chi connectivity index (χ4n) is 3.31. The Balaban J connectivity index is 1.89. The van der Waals surface area contributed by atoms with Gasteiger partial charge in [-0.3, -0.25) is 5.84 Å². The number of aryl methyl sites for hydroxylation is 2. The van der Waals surface area contributed by atoms with Gasteiger partial charge < -0.3 is 0 Å². The second-order valence-corrected chi connectivity index (χ2v) is 5.51. The van der Waals surface area contributed by atoms with Gasteiger partial charge in [-0.25, -0.2) is 5.43 Å². The number of hydrazine groups is 1. The van der Waals surface area contributed by atoms with Crippen molar-refractivity contribution in [1.82, 2.24) is 5.43 Å². The smallest absolute Gasteiger partial charge is 0.0670 e. The molecule has 1 aromatic rings. The van der Waals surface area contributed by atoms with E-state index in [9.17, 15) is 0 Å². The van der Waals surface area contributed by atoms with Crippen molar-refractivity contribution < 1.29 is 0 Å². The zero-order chi connectivity index (χ0) is 12.4. The number of hydrogen-bond donors (Lipinski definition) is 2. The summed E-state index contributed by atoms with van der Waals surface area (Å²) < 4.78 is 0. The maximum Gasteiger partial charge on any atom is 0.0670 e. The van der Waals surface area contributed by atoms with Crippen molar-refractivity contribution in [3.05, 3.63) is 46.5 Å². The van der Waals surface area contributed by atoms with Crippen LogP contribution in [0.3, 0.4) is 0 Å². The molecule has 0 amide bonds. The van der Waals surface area contributed by atoms with Gasteiger partial charge in [-0.2, -0.15) is 0 Å². The van der Waals surface area contributed by atoms with Crippen molar-refractivity contribution in [1.29, 1.82) is 0 Å². The number of benzene rings is 1. The SMILES string of the molecule is NNC(C1=CCCCC1)c1ccc2c(c1)CCC2. The Morgan fingerprint density at radius 1 is 1.00 bits per heavy atom. The summed E-state index contributed by atoms with van der Waals surface area (Å²) >= 11 is 0. The molecule has 1 atom stereocenters. The number of nitrogens with two attached hydrogens (primary N) is 1. The van der Waals surface area contributed by atoms with E-state index in [0.29, 0.717) is 0 Å². The first-order valence-corrected chi connectivity index (χ1v) is 7.15. The Morgan fingerprint density at radius 3 is 2.67 bits per heavy atom. The highest BCUT2D eigenvalue weighted by Gasteiger charge is 2.19. The lowest BCUT2D eigenvalue weighted by Gasteiger charge is -2.23. The van der Waals surface area contributed by atoms with Gasteiger partial charge in [-0.15, -0.1) is 0 Å². The molecule has 2 heteroatoms. The summed E-state index contributed by atoms with van der Waals surface area (Å²) in [6.07, 6.45) is 11.2. The van der Waals surface area contributed by atoms with Crippen LogP contribution in [-0.4, -0.2) is 0 Å². The minimum Gasteiger partial charge on any atom is -0.271 e. The third-order valence-electron chi connectivity index (χ3n) is 4.32. The van der Waals surface area contributed by atoms with Crippen LogP contribution in [0.25, 0.3) is 0 Å². The average molecular weight is 242 g/mol. The lowest BCUT2D eigenvalue weighted by atomic mass is 9.89. The molecule has 18 heavy (non-hydrogen) atoms. The molecular formula is C16H22N2. The van der Waals surface area contributed by atoms with Crippen molar-refractivity contribution in [2.24, 2.45) is 5.84 Å². The third kappa shape index (κ3) is 2.23. The molecule has 0 heterocycles. The zero-order valence-electron chi connectivity index (χ0n) is 10.9. The largest absolute Gasteiger partial charge is 0.271 e. The Labute approximate surface area is 109 Å². The van der Waals surface area contributed by atoms with Crippen LogP contribution < -0.4 is 11.3 Å². The van der Waals surface area contributed by atoms with Gasteiger partial charge in [0.1, 0.15) is 0 Å². The molecule has 1 unspecified atom stereocenters. The zero-order valence-corrected chi connectivity index (χ0v) is 10.9. The van der Waals surface area contributed by atoms with E-state index >= 15 is 0 Å². The van der Waals surface area contributed by atoms with E-state index in [0.717, 1.165) is 0 Å². The van der Waals surface area contributed by atoms with Crippen molar-refractivity contribution in [2.75, 3.05) is 0 Å². The van der Waals surface area contributed by atoms with Gasteiger partial charge in [0.05, 0.1) is 6.04 Å². The monoisotopic (exact) mass is 242 g/mol. The minimum atomic E-state index is 0.219. The standard InChI is InChI=1S/C16H22N2/c17-18-16(13-5-2-1-3-6-13)15-10-9-12-7-4-8-14(12)11-15/h5,9-11,16,18H,1-4,6-8,17H2. The van der Waals surface area contributed by atoms with Crippen LogP contribution in [0, 0.1) is 0 Å². The van der Waals surface area contributed by atoms with Crippen molar-refractivity contribution in [3.63, 3.8) is 0 Å². The van der Waals surface area contributed by atoms with Crippen molar-refractivity contribution in [2.45, 2.75) is 51.0 Å². The number of hydrogen-bond acceptors (Lipinski definition) is 2. The molecule has 2 aliphatic carbocycles. The first kappa shape index (κ1) is 11.9. The van der Waals surface area contributed by atoms with E-state index in [1.54, 1.807) is 0 Å². The molecule has 0 fully saturated rings. The number of allylic oxidation sites excluding steroid dienone is 1. The number of rotatable bonds is 3. The summed E-state index contributed by atoms with van der Waals surface area (Å²) in [5.74, 6) is 5.79. The minimum absolute atomic E-state index is 0.219. The van der Waals surface area contributed by atoms with E-state index in [2.05, 4.69) is 29.7 Å². The highest BCUT2D eigenvalue weighted by Crippen LogP contribution is 2.32. The topological polar surface area (TPSA) is 38.0 Å². The highest BCUT2D eigenvalue weighted by molar-refractivity contribution is 5.39. The normalized spacial score (nSPS) is 20.4. The van der Waals surface area contributed by atoms with Crippen LogP contribution in [0.5, 0.6) is 0 Å². The van der Waals surface area contributed by atoms with Crippen molar-refractivity contribution >= 4 is 0 Å². The molecule has 0 saturated carbocycles. The maximum absolute atomic E-state index is 5.79. The predicted octanol–water partition coefficient (Wildman–Crippen LogP) is 3.18. The van der Waals surface area contributed by atoms with Crippen LogP contribution in [0.15, 0.2) is 29.8 Å². The van der Waals surface area contributed by atoms with Gasteiger partial charge in [0.2, 0.25) is 0 Å². The Kier molecular flexibility index (Phi) is 3.48. The van der Waals surface area contributed by atoms with Gasteiger partial charge >= 0.3 is 0 Å². The van der Waals surface area contributed by atoms with E-state index in [4.69, 9.17) is 5.84 Å². The Bertz CT molecular complexity index is 462. The summed E-state index contributed by atoms with van der Waals surface area (Å²) in [4.78, 5) is 0. The molecule has 0 spiro atoms.